The number of rotatable bonds is 4. The molecule has 0 saturated carbocycles. The molecule has 1 atom stereocenters. The zero-order chi connectivity index (χ0) is 26.6. The van der Waals surface area contributed by atoms with Gasteiger partial charge in [-0.05, 0) is 43.3 Å². The molecular weight excluding hydrogens is 495 g/mol. The maximum absolute atomic E-state index is 15.2. The SMILES string of the molecule is CN(C(=O)N1CCN(c2ccncc2)C(=O)C1(C)CC=O)c1c(F)cc(C#Cc2ccccc2)cc1Cl. The number of halogens is 2. The van der Waals surface area contributed by atoms with Crippen molar-refractivity contribution in [3.8, 4) is 11.8 Å². The molecule has 3 aromatic rings. The zero-order valence-electron chi connectivity index (χ0n) is 20.3. The van der Waals surface area contributed by atoms with Crippen LogP contribution in [0, 0.1) is 17.7 Å². The lowest BCUT2D eigenvalue weighted by molar-refractivity contribution is -0.133. The zero-order valence-corrected chi connectivity index (χ0v) is 21.1. The second-order valence-electron chi connectivity index (χ2n) is 8.70. The van der Waals surface area contributed by atoms with E-state index >= 15 is 4.39 Å². The number of carbonyl (C=O) groups excluding carboxylic acids is 3. The lowest BCUT2D eigenvalue weighted by Gasteiger charge is -2.47. The van der Waals surface area contributed by atoms with E-state index in [0.717, 1.165) is 10.5 Å². The molecular formula is C28H24ClFN4O3. The fourth-order valence-corrected chi connectivity index (χ4v) is 4.63. The number of carbonyl (C=O) groups is 3. The Morgan fingerprint density at radius 1 is 1.14 bits per heavy atom. The van der Waals surface area contributed by atoms with Crippen LogP contribution in [0.5, 0.6) is 0 Å². The summed E-state index contributed by atoms with van der Waals surface area (Å²) in [7, 11) is 1.38. The van der Waals surface area contributed by atoms with Crippen molar-refractivity contribution in [2.75, 3.05) is 29.9 Å². The third-order valence-electron chi connectivity index (χ3n) is 6.30. The van der Waals surface area contributed by atoms with Crippen LogP contribution in [0.3, 0.4) is 0 Å². The summed E-state index contributed by atoms with van der Waals surface area (Å²) in [6, 6.07) is 14.6. The Morgan fingerprint density at radius 3 is 2.46 bits per heavy atom. The van der Waals surface area contributed by atoms with Crippen molar-refractivity contribution >= 4 is 41.2 Å². The first kappa shape index (κ1) is 25.9. The van der Waals surface area contributed by atoms with Gasteiger partial charge in [-0.2, -0.15) is 0 Å². The van der Waals surface area contributed by atoms with E-state index in [2.05, 4.69) is 16.8 Å². The molecule has 0 spiro atoms. The van der Waals surface area contributed by atoms with Crippen LogP contribution in [-0.2, 0) is 9.59 Å². The monoisotopic (exact) mass is 518 g/mol. The fraction of sp³-hybridized carbons (Fsp3) is 0.214. The van der Waals surface area contributed by atoms with Crippen molar-refractivity contribution in [1.82, 2.24) is 9.88 Å². The van der Waals surface area contributed by atoms with Crippen molar-refractivity contribution in [2.24, 2.45) is 0 Å². The Balaban J connectivity index is 1.61. The normalized spacial score (nSPS) is 17.1. The number of aldehydes is 1. The summed E-state index contributed by atoms with van der Waals surface area (Å²) in [6.07, 6.45) is 3.49. The summed E-state index contributed by atoms with van der Waals surface area (Å²) in [5.41, 5.74) is 0.107. The van der Waals surface area contributed by atoms with Crippen LogP contribution in [0.1, 0.15) is 24.5 Å². The number of hydrogen-bond donors (Lipinski definition) is 0. The molecule has 0 radical (unpaired) electrons. The van der Waals surface area contributed by atoms with Crippen LogP contribution in [0.15, 0.2) is 67.0 Å². The molecule has 1 fully saturated rings. The van der Waals surface area contributed by atoms with Crippen molar-refractivity contribution < 1.29 is 18.8 Å². The molecule has 1 aromatic heterocycles. The minimum Gasteiger partial charge on any atom is -0.308 e. The molecule has 1 saturated heterocycles. The standard InChI is InChI=1S/C28H24ClFN4O3/c1-28(12-17-35)26(36)33(22-10-13-31-14-11-22)15-16-34(28)27(37)32(2)25-23(29)18-21(19-24(25)30)9-8-20-6-4-3-5-7-20/h3-7,10-11,13-14,17-19H,12,15-16H2,1-2H3. The second kappa shape index (κ2) is 10.8. The predicted octanol–water partition coefficient (Wildman–Crippen LogP) is 4.53. The number of benzene rings is 2. The van der Waals surface area contributed by atoms with Gasteiger partial charge in [0.2, 0.25) is 0 Å². The van der Waals surface area contributed by atoms with Gasteiger partial charge in [-0.15, -0.1) is 0 Å². The number of amides is 3. The topological polar surface area (TPSA) is 73.8 Å². The first-order valence-electron chi connectivity index (χ1n) is 11.5. The van der Waals surface area contributed by atoms with Crippen LogP contribution < -0.4 is 9.80 Å². The lowest BCUT2D eigenvalue weighted by atomic mass is 9.91. The molecule has 3 amide bonds. The van der Waals surface area contributed by atoms with Crippen molar-refractivity contribution in [1.29, 1.82) is 0 Å². The molecule has 0 bridgehead atoms. The number of hydrogen-bond acceptors (Lipinski definition) is 4. The first-order valence-corrected chi connectivity index (χ1v) is 11.9. The minimum absolute atomic E-state index is 0.00736. The molecule has 4 rings (SSSR count). The largest absolute Gasteiger partial charge is 0.325 e. The van der Waals surface area contributed by atoms with Crippen LogP contribution in [-0.4, -0.2) is 53.8 Å². The quantitative estimate of drug-likeness (QED) is 0.376. The third-order valence-corrected chi connectivity index (χ3v) is 6.59. The van der Waals surface area contributed by atoms with Gasteiger partial charge >= 0.3 is 6.03 Å². The number of pyridine rings is 1. The van der Waals surface area contributed by atoms with Crippen molar-refractivity contribution in [2.45, 2.75) is 18.9 Å². The molecule has 1 unspecified atom stereocenters. The van der Waals surface area contributed by atoms with Gasteiger partial charge in [0.25, 0.3) is 5.91 Å². The van der Waals surface area contributed by atoms with Gasteiger partial charge in [0.1, 0.15) is 17.6 Å². The lowest BCUT2D eigenvalue weighted by Crippen LogP contribution is -2.68. The minimum atomic E-state index is -1.47. The average molecular weight is 519 g/mol. The molecule has 9 heteroatoms. The average Bonchev–Trinajstić information content (AvgIpc) is 2.89. The summed E-state index contributed by atoms with van der Waals surface area (Å²) in [5.74, 6) is 4.66. The van der Waals surface area contributed by atoms with E-state index in [0.29, 0.717) is 17.5 Å². The van der Waals surface area contributed by atoms with E-state index in [9.17, 15) is 14.4 Å². The Bertz CT molecular complexity index is 1370. The number of piperazine rings is 1. The summed E-state index contributed by atoms with van der Waals surface area (Å²) < 4.78 is 15.2. The van der Waals surface area contributed by atoms with Crippen LogP contribution in [0.25, 0.3) is 0 Å². The third kappa shape index (κ3) is 5.18. The molecule has 7 nitrogen and oxygen atoms in total. The summed E-state index contributed by atoms with van der Waals surface area (Å²) in [6.45, 7) is 1.85. The molecule has 188 valence electrons. The van der Waals surface area contributed by atoms with E-state index in [1.54, 1.807) is 24.5 Å². The Morgan fingerprint density at radius 2 is 1.81 bits per heavy atom. The molecule has 1 aliphatic heterocycles. The highest BCUT2D eigenvalue weighted by Crippen LogP contribution is 2.34. The van der Waals surface area contributed by atoms with E-state index in [4.69, 9.17) is 11.6 Å². The second-order valence-corrected chi connectivity index (χ2v) is 9.11. The molecule has 0 aliphatic carbocycles. The number of anilines is 2. The highest BCUT2D eigenvalue weighted by molar-refractivity contribution is 6.34. The molecule has 0 N–H and O–H groups in total. The predicted molar refractivity (Wildman–Crippen MR) is 140 cm³/mol. The Kier molecular flexibility index (Phi) is 7.55. The van der Waals surface area contributed by atoms with E-state index in [-0.39, 0.29) is 30.2 Å². The molecule has 2 aromatic carbocycles. The summed E-state index contributed by atoms with van der Waals surface area (Å²) in [4.78, 5) is 46.5. The van der Waals surface area contributed by atoms with Crippen molar-refractivity contribution in [3.05, 3.63) is 89.0 Å². The number of urea groups is 1. The van der Waals surface area contributed by atoms with E-state index in [1.807, 2.05) is 30.3 Å². The fourth-order valence-electron chi connectivity index (χ4n) is 4.29. The molecule has 2 heterocycles. The van der Waals surface area contributed by atoms with E-state index < -0.39 is 23.3 Å². The van der Waals surface area contributed by atoms with Crippen LogP contribution in [0.2, 0.25) is 5.02 Å². The highest BCUT2D eigenvalue weighted by atomic mass is 35.5. The van der Waals surface area contributed by atoms with Crippen molar-refractivity contribution in [3.63, 3.8) is 0 Å². The van der Waals surface area contributed by atoms with Gasteiger partial charge in [-0.1, -0.05) is 41.6 Å². The van der Waals surface area contributed by atoms with Gasteiger partial charge in [-0.3, -0.25) is 14.7 Å². The van der Waals surface area contributed by atoms with Gasteiger partial charge in [-0.25, -0.2) is 9.18 Å². The summed E-state index contributed by atoms with van der Waals surface area (Å²) in [5, 5.41) is -0.00736. The first-order chi connectivity index (χ1) is 17.8. The van der Waals surface area contributed by atoms with Gasteiger partial charge < -0.3 is 14.6 Å². The molecule has 1 aliphatic rings. The van der Waals surface area contributed by atoms with Gasteiger partial charge in [0.15, 0.2) is 0 Å². The maximum Gasteiger partial charge on any atom is 0.325 e. The van der Waals surface area contributed by atoms with Crippen LogP contribution in [0.4, 0.5) is 20.6 Å². The smallest absolute Gasteiger partial charge is 0.308 e. The van der Waals surface area contributed by atoms with Gasteiger partial charge in [0.05, 0.1) is 10.7 Å². The molecule has 37 heavy (non-hydrogen) atoms. The van der Waals surface area contributed by atoms with Gasteiger partial charge in [0, 0.05) is 55.8 Å². The van der Waals surface area contributed by atoms with Crippen LogP contribution >= 0.6 is 11.6 Å². The Labute approximate surface area is 219 Å². The number of aromatic nitrogens is 1. The Hall–Kier alpha value is -4.22. The highest BCUT2D eigenvalue weighted by Gasteiger charge is 2.49. The van der Waals surface area contributed by atoms with E-state index in [1.165, 1.54) is 35.9 Å². The summed E-state index contributed by atoms with van der Waals surface area (Å²) >= 11 is 6.40. The maximum atomic E-state index is 15.2. The number of nitrogens with zero attached hydrogens (tertiary/aromatic N) is 4.